The minimum Gasteiger partial charge on any atom is -0.459 e. The van der Waals surface area contributed by atoms with Gasteiger partial charge in [-0.3, -0.25) is 25.2 Å². The number of likely N-dealkylation sites (tertiary alicyclic amines) is 1. The molecule has 0 aromatic carbocycles. The summed E-state index contributed by atoms with van der Waals surface area (Å²) in [5, 5.41) is 0. The second-order valence-electron chi connectivity index (χ2n) is 9.88. The van der Waals surface area contributed by atoms with E-state index in [0.29, 0.717) is 30.3 Å². The highest BCUT2D eigenvalue weighted by Crippen LogP contribution is 2.40. The van der Waals surface area contributed by atoms with Gasteiger partial charge in [-0.2, -0.15) is 0 Å². The van der Waals surface area contributed by atoms with Crippen molar-refractivity contribution in [2.75, 3.05) is 13.1 Å². The molecule has 32 heavy (non-hydrogen) atoms. The summed E-state index contributed by atoms with van der Waals surface area (Å²) < 4.78 is 5.18. The molecule has 2 aromatic rings. The van der Waals surface area contributed by atoms with E-state index in [-0.39, 0.29) is 34.8 Å². The number of rotatable bonds is 3. The van der Waals surface area contributed by atoms with Gasteiger partial charge >= 0.3 is 0 Å². The van der Waals surface area contributed by atoms with Crippen LogP contribution in [-0.2, 0) is 17.6 Å². The Bertz CT molecular complexity index is 990. The Labute approximate surface area is 192 Å². The molecule has 0 spiro atoms. The number of hydrogen-bond donors (Lipinski definition) is 2. The SMILES string of the molecule is CC(C)(C)C1CCc2sc(C(=O)NNC(=O)C3CCCN(C(=O)c4ccco4)C3)cc2C1. The summed E-state index contributed by atoms with van der Waals surface area (Å²) in [5.41, 5.74) is 6.65. The smallest absolute Gasteiger partial charge is 0.289 e. The number of piperidine rings is 1. The van der Waals surface area contributed by atoms with Crippen molar-refractivity contribution < 1.29 is 18.8 Å². The van der Waals surface area contributed by atoms with Gasteiger partial charge in [-0.1, -0.05) is 20.8 Å². The summed E-state index contributed by atoms with van der Waals surface area (Å²) in [4.78, 5) is 41.3. The van der Waals surface area contributed by atoms with E-state index in [1.165, 1.54) is 28.0 Å². The average Bonchev–Trinajstić information content (AvgIpc) is 3.45. The van der Waals surface area contributed by atoms with Crippen molar-refractivity contribution in [3.05, 3.63) is 45.5 Å². The van der Waals surface area contributed by atoms with E-state index in [9.17, 15) is 14.4 Å². The van der Waals surface area contributed by atoms with Crippen molar-refractivity contribution in [2.24, 2.45) is 17.3 Å². The van der Waals surface area contributed by atoms with Gasteiger partial charge in [0.25, 0.3) is 11.8 Å². The van der Waals surface area contributed by atoms with Gasteiger partial charge in [0, 0.05) is 18.0 Å². The highest BCUT2D eigenvalue weighted by atomic mass is 32.1. The van der Waals surface area contributed by atoms with Gasteiger partial charge in [0.2, 0.25) is 5.91 Å². The number of hydrazine groups is 1. The number of fused-ring (bicyclic) bond motifs is 1. The second kappa shape index (κ2) is 9.10. The maximum Gasteiger partial charge on any atom is 0.289 e. The van der Waals surface area contributed by atoms with Gasteiger partial charge < -0.3 is 9.32 Å². The topological polar surface area (TPSA) is 91.7 Å². The Hall–Kier alpha value is -2.61. The summed E-state index contributed by atoms with van der Waals surface area (Å²) in [6.45, 7) is 7.71. The van der Waals surface area contributed by atoms with Gasteiger partial charge in [-0.05, 0) is 67.2 Å². The lowest BCUT2D eigenvalue weighted by Crippen LogP contribution is -2.49. The summed E-state index contributed by atoms with van der Waals surface area (Å²) in [6, 6.07) is 5.27. The fraction of sp³-hybridized carbons (Fsp3) is 0.542. The van der Waals surface area contributed by atoms with Crippen molar-refractivity contribution in [3.63, 3.8) is 0 Å². The molecular formula is C24H31N3O4S. The van der Waals surface area contributed by atoms with E-state index in [0.717, 1.165) is 25.7 Å². The lowest BCUT2D eigenvalue weighted by atomic mass is 9.72. The number of carbonyl (C=O) groups is 3. The molecule has 1 fully saturated rings. The van der Waals surface area contributed by atoms with Crippen LogP contribution in [0.25, 0.3) is 0 Å². The molecule has 0 saturated carbocycles. The molecular weight excluding hydrogens is 426 g/mol. The lowest BCUT2D eigenvalue weighted by molar-refractivity contribution is -0.127. The van der Waals surface area contributed by atoms with Crippen LogP contribution in [0.15, 0.2) is 28.9 Å². The van der Waals surface area contributed by atoms with Crippen LogP contribution >= 0.6 is 11.3 Å². The Morgan fingerprint density at radius 2 is 2.00 bits per heavy atom. The minimum absolute atomic E-state index is 0.214. The number of furan rings is 1. The highest BCUT2D eigenvalue weighted by molar-refractivity contribution is 7.14. The number of amides is 3. The number of carbonyl (C=O) groups excluding carboxylic acids is 3. The quantitative estimate of drug-likeness (QED) is 0.686. The molecule has 3 heterocycles. The summed E-state index contributed by atoms with van der Waals surface area (Å²) in [7, 11) is 0. The number of nitrogens with one attached hydrogen (secondary N) is 2. The van der Waals surface area contributed by atoms with Crippen molar-refractivity contribution in [1.29, 1.82) is 0 Å². The van der Waals surface area contributed by atoms with Crippen LogP contribution in [0.3, 0.4) is 0 Å². The summed E-state index contributed by atoms with van der Waals surface area (Å²) in [5.74, 6) is -0.261. The molecule has 4 rings (SSSR count). The Kier molecular flexibility index (Phi) is 6.42. The zero-order valence-corrected chi connectivity index (χ0v) is 19.7. The van der Waals surface area contributed by atoms with Crippen LogP contribution in [0.4, 0.5) is 0 Å². The minimum atomic E-state index is -0.368. The predicted octanol–water partition coefficient (Wildman–Crippen LogP) is 3.81. The van der Waals surface area contributed by atoms with Gasteiger partial charge in [-0.25, -0.2) is 0 Å². The lowest BCUT2D eigenvalue weighted by Gasteiger charge is -2.33. The van der Waals surface area contributed by atoms with Gasteiger partial charge in [0.05, 0.1) is 17.1 Å². The second-order valence-corrected chi connectivity index (χ2v) is 11.0. The maximum absolute atomic E-state index is 12.7. The molecule has 2 atom stereocenters. The van der Waals surface area contributed by atoms with Crippen LogP contribution in [0.1, 0.15) is 70.7 Å². The first-order chi connectivity index (χ1) is 15.2. The molecule has 2 aromatic heterocycles. The number of thiophene rings is 1. The zero-order chi connectivity index (χ0) is 22.9. The van der Waals surface area contributed by atoms with Crippen LogP contribution in [0, 0.1) is 17.3 Å². The average molecular weight is 458 g/mol. The van der Waals surface area contributed by atoms with Gasteiger partial charge in [0.1, 0.15) is 0 Å². The van der Waals surface area contributed by atoms with Crippen LogP contribution in [0.2, 0.25) is 0 Å². The molecule has 1 aliphatic carbocycles. The molecule has 0 radical (unpaired) electrons. The van der Waals surface area contributed by atoms with E-state index in [2.05, 4.69) is 31.6 Å². The molecule has 3 amide bonds. The fourth-order valence-electron chi connectivity index (χ4n) is 4.59. The molecule has 0 bridgehead atoms. The van der Waals surface area contributed by atoms with E-state index in [1.807, 2.05) is 6.07 Å². The predicted molar refractivity (Wildman–Crippen MR) is 122 cm³/mol. The van der Waals surface area contributed by atoms with E-state index in [1.54, 1.807) is 17.0 Å². The Morgan fingerprint density at radius 3 is 2.72 bits per heavy atom. The first-order valence-electron chi connectivity index (χ1n) is 11.3. The third-order valence-corrected chi connectivity index (χ3v) is 7.88. The summed E-state index contributed by atoms with van der Waals surface area (Å²) >= 11 is 1.52. The van der Waals surface area contributed by atoms with E-state index < -0.39 is 0 Å². The van der Waals surface area contributed by atoms with Gasteiger partial charge in [-0.15, -0.1) is 11.3 Å². The van der Waals surface area contributed by atoms with Crippen molar-refractivity contribution in [1.82, 2.24) is 15.8 Å². The molecule has 172 valence electrons. The largest absolute Gasteiger partial charge is 0.459 e. The first kappa shape index (κ1) is 22.6. The van der Waals surface area contributed by atoms with E-state index in [4.69, 9.17) is 4.42 Å². The third-order valence-electron chi connectivity index (χ3n) is 6.64. The fourth-order valence-corrected chi connectivity index (χ4v) is 5.69. The number of hydrogen-bond acceptors (Lipinski definition) is 5. The zero-order valence-electron chi connectivity index (χ0n) is 18.9. The van der Waals surface area contributed by atoms with Crippen molar-refractivity contribution in [3.8, 4) is 0 Å². The molecule has 2 N–H and O–H groups in total. The standard InChI is InChI=1S/C24H31N3O4S/c1-24(2,3)17-8-9-19-16(12-17)13-20(32-19)22(29)26-25-21(28)15-6-4-10-27(14-15)23(30)18-7-5-11-31-18/h5,7,11,13,15,17H,4,6,8-10,12,14H2,1-3H3,(H,25,28)(H,26,29). The van der Waals surface area contributed by atoms with E-state index >= 15 is 0 Å². The summed E-state index contributed by atoms with van der Waals surface area (Å²) in [6.07, 6.45) is 6.00. The molecule has 1 aliphatic heterocycles. The third kappa shape index (κ3) is 4.90. The van der Waals surface area contributed by atoms with Crippen molar-refractivity contribution >= 4 is 29.1 Å². The first-order valence-corrected chi connectivity index (χ1v) is 12.1. The molecule has 2 aliphatic rings. The van der Waals surface area contributed by atoms with Crippen molar-refractivity contribution in [2.45, 2.75) is 52.9 Å². The molecule has 7 nitrogen and oxygen atoms in total. The number of nitrogens with zero attached hydrogens (tertiary/aromatic N) is 1. The molecule has 2 unspecified atom stereocenters. The molecule has 8 heteroatoms. The van der Waals surface area contributed by atoms with Crippen LogP contribution < -0.4 is 10.9 Å². The maximum atomic E-state index is 12.7. The van der Waals surface area contributed by atoms with Crippen LogP contribution in [0.5, 0.6) is 0 Å². The molecule has 1 saturated heterocycles. The highest BCUT2D eigenvalue weighted by Gasteiger charge is 2.32. The van der Waals surface area contributed by atoms with Crippen LogP contribution in [-0.4, -0.2) is 35.7 Å². The van der Waals surface area contributed by atoms with Gasteiger partial charge in [0.15, 0.2) is 5.76 Å². The normalized spacial score (nSPS) is 21.0. The Morgan fingerprint density at radius 1 is 1.19 bits per heavy atom. The Balaban J connectivity index is 1.31. The number of aryl methyl sites for hydroxylation is 1. The monoisotopic (exact) mass is 457 g/mol.